The molecule has 0 bridgehead atoms. The first kappa shape index (κ1) is 50.7. The van der Waals surface area contributed by atoms with Gasteiger partial charge >= 0.3 is 10.4 Å². The lowest BCUT2D eigenvalue weighted by atomic mass is 9.94. The Bertz CT molecular complexity index is 1320. The third-order valence-electron chi connectivity index (χ3n) is 10.8. The highest BCUT2D eigenvalue weighted by atomic mass is 32.3. The van der Waals surface area contributed by atoms with E-state index in [2.05, 4.69) is 21.7 Å². The van der Waals surface area contributed by atoms with E-state index >= 15 is 0 Å². The maximum absolute atomic E-state index is 13.2. The molecule has 0 saturated carbocycles. The van der Waals surface area contributed by atoms with Gasteiger partial charge in [-0.1, -0.05) is 84.0 Å². The Morgan fingerprint density at radius 1 is 0.690 bits per heavy atom. The van der Waals surface area contributed by atoms with E-state index in [1.54, 1.807) is 0 Å². The molecule has 20 nitrogen and oxygen atoms in total. The highest BCUT2D eigenvalue weighted by Crippen LogP contribution is 2.32. The molecule has 3 fully saturated rings. The van der Waals surface area contributed by atoms with E-state index in [1.165, 1.54) is 58.3 Å². The molecule has 340 valence electrons. The fourth-order valence-corrected chi connectivity index (χ4v) is 8.01. The molecule has 0 spiro atoms. The average Bonchev–Trinajstić information content (AvgIpc) is 3.16. The van der Waals surface area contributed by atoms with Gasteiger partial charge in [-0.15, -0.1) is 0 Å². The second kappa shape index (κ2) is 25.3. The summed E-state index contributed by atoms with van der Waals surface area (Å²) in [5.41, 5.74) is 0. The quantitative estimate of drug-likeness (QED) is 0.0420. The number of unbranched alkanes of at least 4 members (excludes halogenated alkanes) is 12. The van der Waals surface area contributed by atoms with Crippen molar-refractivity contribution in [3.05, 3.63) is 0 Å². The van der Waals surface area contributed by atoms with Crippen molar-refractivity contribution in [2.45, 2.75) is 203 Å². The summed E-state index contributed by atoms with van der Waals surface area (Å²) < 4.78 is 71.5. The van der Waals surface area contributed by atoms with Crippen molar-refractivity contribution in [1.29, 1.82) is 0 Å². The first-order chi connectivity index (χ1) is 27.5. The van der Waals surface area contributed by atoms with Crippen LogP contribution in [0.3, 0.4) is 0 Å². The van der Waals surface area contributed by atoms with E-state index in [-0.39, 0.29) is 6.42 Å². The molecule has 1 unspecified atom stereocenters. The van der Waals surface area contributed by atoms with Crippen molar-refractivity contribution in [3.63, 3.8) is 0 Å². The lowest BCUT2D eigenvalue weighted by Crippen LogP contribution is -2.69. The minimum atomic E-state index is -5.08. The molecule has 9 N–H and O–H groups in total. The van der Waals surface area contributed by atoms with E-state index < -0.39 is 127 Å². The van der Waals surface area contributed by atoms with Crippen molar-refractivity contribution in [1.82, 2.24) is 10.6 Å². The number of aliphatic hydroxyl groups excluding tert-OH is 6. The van der Waals surface area contributed by atoms with E-state index in [1.807, 2.05) is 0 Å². The van der Waals surface area contributed by atoms with Crippen LogP contribution in [0.2, 0.25) is 0 Å². The van der Waals surface area contributed by atoms with Crippen molar-refractivity contribution in [2.24, 2.45) is 0 Å². The predicted molar refractivity (Wildman–Crippen MR) is 203 cm³/mol. The van der Waals surface area contributed by atoms with Gasteiger partial charge in [-0.2, -0.15) is 8.42 Å². The lowest BCUT2D eigenvalue weighted by molar-refractivity contribution is -0.340. The van der Waals surface area contributed by atoms with Gasteiger partial charge < -0.3 is 69.7 Å². The summed E-state index contributed by atoms with van der Waals surface area (Å²) in [6.07, 6.45) is -5.78. The van der Waals surface area contributed by atoms with Crippen LogP contribution in [-0.2, 0) is 52.6 Å². The van der Waals surface area contributed by atoms with Crippen LogP contribution in [0.25, 0.3) is 0 Å². The number of carbonyl (C=O) groups excluding carboxylic acids is 2. The molecular weight excluding hydrogens is 792 g/mol. The molecule has 58 heavy (non-hydrogen) atoms. The smallest absolute Gasteiger partial charge is 0.394 e. The van der Waals surface area contributed by atoms with Gasteiger partial charge in [-0.05, 0) is 13.3 Å². The number of nitrogens with one attached hydrogen (secondary N) is 2. The third-order valence-corrected chi connectivity index (χ3v) is 11.2. The Kier molecular flexibility index (Phi) is 22.1. The van der Waals surface area contributed by atoms with Crippen LogP contribution in [-0.4, -0.2) is 168 Å². The van der Waals surface area contributed by atoms with Crippen LogP contribution < -0.4 is 10.6 Å². The Morgan fingerprint density at radius 2 is 1.28 bits per heavy atom. The van der Waals surface area contributed by atoms with Crippen LogP contribution in [0.4, 0.5) is 0 Å². The summed E-state index contributed by atoms with van der Waals surface area (Å²) in [7, 11) is -3.95. The Morgan fingerprint density at radius 3 is 1.81 bits per heavy atom. The first-order valence-electron chi connectivity index (χ1n) is 20.5. The summed E-state index contributed by atoms with van der Waals surface area (Å²) in [4.78, 5) is 25.2. The van der Waals surface area contributed by atoms with E-state index in [0.29, 0.717) is 6.42 Å². The summed E-state index contributed by atoms with van der Waals surface area (Å²) >= 11 is 0. The fraction of sp³-hybridized carbons (Fsp3) is 0.946. The summed E-state index contributed by atoms with van der Waals surface area (Å²) in [5.74, 6) is -1.13. The SMILES string of the molecule is CCCCCCCCCCCCCCCC(=O)N[C@H]1[C@H](O[C@H]2[C@H](O)[C@@H](NC(C)=O)C(O)O[C@@H]2CO[C@@H]2O[C@@H](C)[C@@H](O)[C@@H](OS(=O)(=O)O)[C@@H]2OC)O[C@H](CO)[C@@H](O)[C@@H]1O. The molecule has 15 atom stereocenters. The zero-order valence-corrected chi connectivity index (χ0v) is 34.8. The summed E-state index contributed by atoms with van der Waals surface area (Å²) in [6, 6.07) is -2.91. The van der Waals surface area contributed by atoms with Gasteiger partial charge in [-0.25, -0.2) is 4.18 Å². The average molecular weight is 861 g/mol. The van der Waals surface area contributed by atoms with Gasteiger partial charge in [0.25, 0.3) is 0 Å². The predicted octanol–water partition coefficient (Wildman–Crippen LogP) is -0.315. The first-order valence-corrected chi connectivity index (χ1v) is 21.9. The largest absolute Gasteiger partial charge is 0.397 e. The van der Waals surface area contributed by atoms with Gasteiger partial charge in [0.2, 0.25) is 11.8 Å². The van der Waals surface area contributed by atoms with Gasteiger partial charge in [0.15, 0.2) is 18.9 Å². The van der Waals surface area contributed by atoms with E-state index in [4.69, 9.17) is 28.4 Å². The van der Waals surface area contributed by atoms with Gasteiger partial charge in [0, 0.05) is 20.5 Å². The van der Waals surface area contributed by atoms with Crippen LogP contribution in [0.5, 0.6) is 0 Å². The molecule has 2 amide bonds. The molecule has 3 saturated heterocycles. The van der Waals surface area contributed by atoms with Crippen LogP contribution in [0.1, 0.15) is 111 Å². The van der Waals surface area contributed by atoms with E-state index in [9.17, 15) is 53.2 Å². The fourth-order valence-electron chi connectivity index (χ4n) is 7.50. The van der Waals surface area contributed by atoms with Crippen LogP contribution in [0.15, 0.2) is 0 Å². The minimum absolute atomic E-state index is 0.0904. The molecule has 0 radical (unpaired) electrons. The molecule has 3 rings (SSSR count). The monoisotopic (exact) mass is 860 g/mol. The molecule has 3 aliphatic rings. The topological polar surface area (TPSA) is 299 Å². The second-order valence-electron chi connectivity index (χ2n) is 15.4. The maximum Gasteiger partial charge on any atom is 0.397 e. The van der Waals surface area contributed by atoms with Gasteiger partial charge in [0.05, 0.1) is 19.3 Å². The number of hydrogen-bond donors (Lipinski definition) is 9. The standard InChI is InChI=1S/C37H68N2O18S/c1-5-6-7-8-9-10-11-12-13-14-15-16-17-18-25(42)39-27-30(45)29(44)23(19-40)55-36(27)56-32-24(54-35(47)26(31(32)46)38-22(3)41)20-52-37-34(51-4)33(57-58(48,49)50)28(43)21(2)53-37/h21,23-24,26-37,40,43-47H,5-20H2,1-4H3,(H,38,41)(H,39,42)(H,48,49,50)/t21-,23+,24+,26+,27+,28+,29+,30+,31+,32+,33+,34-,35?,36-,37+/m0/s1. The molecule has 0 aliphatic carbocycles. The zero-order valence-electron chi connectivity index (χ0n) is 34.0. The Hall–Kier alpha value is -1.67. The highest BCUT2D eigenvalue weighted by molar-refractivity contribution is 7.80. The number of aliphatic hydroxyl groups is 6. The molecular formula is C37H68N2O18S. The molecule has 21 heteroatoms. The zero-order chi connectivity index (χ0) is 43.0. The number of rotatable bonds is 25. The Balaban J connectivity index is 1.68. The Labute approximate surface area is 341 Å². The van der Waals surface area contributed by atoms with Crippen molar-refractivity contribution in [3.8, 4) is 0 Å². The number of amides is 2. The van der Waals surface area contributed by atoms with E-state index in [0.717, 1.165) is 39.7 Å². The number of ether oxygens (including phenoxy) is 6. The number of hydrogen-bond acceptors (Lipinski definition) is 17. The van der Waals surface area contributed by atoms with Crippen molar-refractivity contribution in [2.75, 3.05) is 20.3 Å². The molecule has 0 aromatic rings. The normalized spacial score (nSPS) is 35.7. The van der Waals surface area contributed by atoms with Gasteiger partial charge in [-0.3, -0.25) is 14.1 Å². The van der Waals surface area contributed by atoms with Crippen LogP contribution in [0, 0.1) is 0 Å². The molecule has 3 aliphatic heterocycles. The van der Waals surface area contributed by atoms with Gasteiger partial charge in [0.1, 0.15) is 67.0 Å². The maximum atomic E-state index is 13.2. The molecule has 3 heterocycles. The molecule has 0 aromatic carbocycles. The van der Waals surface area contributed by atoms with Crippen LogP contribution >= 0.6 is 0 Å². The lowest BCUT2D eigenvalue weighted by Gasteiger charge is -2.48. The van der Waals surface area contributed by atoms with Crippen molar-refractivity contribution < 1.29 is 85.8 Å². The highest BCUT2D eigenvalue weighted by Gasteiger charge is 2.53. The summed E-state index contributed by atoms with van der Waals surface area (Å²) in [6.45, 7) is 3.32. The third kappa shape index (κ3) is 15.7. The minimum Gasteiger partial charge on any atom is -0.394 e. The second-order valence-corrected chi connectivity index (χ2v) is 16.4. The van der Waals surface area contributed by atoms with Crippen molar-refractivity contribution >= 4 is 22.2 Å². The number of methoxy groups -OCH3 is 1. The number of carbonyl (C=O) groups is 2. The molecule has 0 aromatic heterocycles. The summed E-state index contributed by atoms with van der Waals surface area (Å²) in [5, 5.41) is 69.6.